The van der Waals surface area contributed by atoms with Crippen molar-refractivity contribution in [1.82, 2.24) is 4.98 Å². The highest BCUT2D eigenvalue weighted by Crippen LogP contribution is 2.65. The Balaban J connectivity index is 1.71. The van der Waals surface area contributed by atoms with E-state index < -0.39 is 56.4 Å². The number of aromatic nitrogens is 1. The minimum atomic E-state index is -4.80. The molecular weight excluding hydrogens is 483 g/mol. The highest BCUT2D eigenvalue weighted by Gasteiger charge is 2.73. The SMILES string of the molecule is CC1C2CN(c3ncc(C(F)(F)F)cc3C(=O)Nc3cccc(S(N)(=O)=O)c3)C[C@]2(C)C1(F)F. The van der Waals surface area contributed by atoms with Gasteiger partial charge in [-0.1, -0.05) is 19.9 Å². The van der Waals surface area contributed by atoms with Gasteiger partial charge < -0.3 is 10.2 Å². The summed E-state index contributed by atoms with van der Waals surface area (Å²) < 4.78 is 92.2. The Kier molecular flexibility index (Phi) is 5.44. The van der Waals surface area contributed by atoms with E-state index >= 15 is 0 Å². The van der Waals surface area contributed by atoms with Crippen molar-refractivity contribution in [1.29, 1.82) is 0 Å². The predicted octanol–water partition coefficient (Wildman–Crippen LogP) is 3.73. The molecule has 2 heterocycles. The first-order chi connectivity index (χ1) is 15.6. The maximum Gasteiger partial charge on any atom is 0.417 e. The molecule has 2 aliphatic rings. The van der Waals surface area contributed by atoms with Crippen LogP contribution in [0.25, 0.3) is 0 Å². The van der Waals surface area contributed by atoms with E-state index in [4.69, 9.17) is 5.14 Å². The number of benzene rings is 1. The van der Waals surface area contributed by atoms with Gasteiger partial charge in [-0.3, -0.25) is 4.79 Å². The Morgan fingerprint density at radius 2 is 1.94 bits per heavy atom. The quantitative estimate of drug-likeness (QED) is 0.618. The molecule has 1 aromatic carbocycles. The molecule has 1 saturated heterocycles. The van der Waals surface area contributed by atoms with Crippen LogP contribution in [0.1, 0.15) is 29.8 Å². The number of hydrogen-bond acceptors (Lipinski definition) is 5. The van der Waals surface area contributed by atoms with Gasteiger partial charge in [-0.2, -0.15) is 13.2 Å². The average molecular weight is 504 g/mol. The fourth-order valence-electron chi connectivity index (χ4n) is 4.90. The number of fused-ring (bicyclic) bond motifs is 1. The monoisotopic (exact) mass is 504 g/mol. The van der Waals surface area contributed by atoms with Gasteiger partial charge in [0.25, 0.3) is 11.8 Å². The number of halogens is 5. The Bertz CT molecular complexity index is 1270. The fraction of sp³-hybridized carbons (Fsp3) is 0.429. The number of rotatable bonds is 4. The molecule has 1 amide bonds. The van der Waals surface area contributed by atoms with Crippen molar-refractivity contribution < 1.29 is 35.2 Å². The van der Waals surface area contributed by atoms with Gasteiger partial charge in [0.2, 0.25) is 10.0 Å². The average Bonchev–Trinajstić information content (AvgIpc) is 3.08. The number of carbonyl (C=O) groups is 1. The molecule has 1 aliphatic carbocycles. The molecule has 1 aromatic heterocycles. The highest BCUT2D eigenvalue weighted by molar-refractivity contribution is 7.89. The number of alkyl halides is 5. The van der Waals surface area contributed by atoms with Gasteiger partial charge in [0.1, 0.15) is 5.82 Å². The highest BCUT2D eigenvalue weighted by atomic mass is 32.2. The van der Waals surface area contributed by atoms with Crippen LogP contribution in [0, 0.1) is 17.3 Å². The molecule has 13 heteroatoms. The van der Waals surface area contributed by atoms with Crippen molar-refractivity contribution >= 4 is 27.4 Å². The molecule has 1 saturated carbocycles. The number of hydrogen-bond donors (Lipinski definition) is 2. The smallest absolute Gasteiger partial charge is 0.355 e. The third-order valence-corrected chi connectivity index (χ3v) is 7.76. The number of nitrogens with zero attached hydrogens (tertiary/aromatic N) is 2. The van der Waals surface area contributed by atoms with Crippen molar-refractivity contribution in [2.24, 2.45) is 22.4 Å². The maximum atomic E-state index is 14.5. The van der Waals surface area contributed by atoms with E-state index in [0.717, 1.165) is 6.07 Å². The van der Waals surface area contributed by atoms with Gasteiger partial charge in [0.15, 0.2) is 0 Å². The molecule has 4 rings (SSSR count). The maximum absolute atomic E-state index is 14.5. The molecule has 2 unspecified atom stereocenters. The Morgan fingerprint density at radius 1 is 1.26 bits per heavy atom. The van der Waals surface area contributed by atoms with Crippen LogP contribution in [-0.4, -0.2) is 38.3 Å². The summed E-state index contributed by atoms with van der Waals surface area (Å²) in [4.78, 5) is 17.9. The molecule has 0 radical (unpaired) electrons. The van der Waals surface area contributed by atoms with Gasteiger partial charge in [0.05, 0.1) is 21.4 Å². The van der Waals surface area contributed by atoms with E-state index in [1.54, 1.807) is 0 Å². The minimum Gasteiger partial charge on any atom is -0.355 e. The van der Waals surface area contributed by atoms with E-state index in [0.29, 0.717) is 12.3 Å². The van der Waals surface area contributed by atoms with Crippen molar-refractivity contribution in [3.05, 3.63) is 47.7 Å². The second-order valence-corrected chi connectivity index (χ2v) is 10.5. The van der Waals surface area contributed by atoms with Crippen LogP contribution in [0.5, 0.6) is 0 Å². The van der Waals surface area contributed by atoms with Crippen LogP contribution < -0.4 is 15.4 Å². The Morgan fingerprint density at radius 3 is 2.53 bits per heavy atom. The molecule has 184 valence electrons. The molecule has 3 atom stereocenters. The largest absolute Gasteiger partial charge is 0.417 e. The summed E-state index contributed by atoms with van der Waals surface area (Å²) in [6, 6.07) is 5.46. The Hall–Kier alpha value is -2.80. The van der Waals surface area contributed by atoms with Crippen molar-refractivity contribution in [3.63, 3.8) is 0 Å². The Labute approximate surface area is 192 Å². The first kappa shape index (κ1) is 24.3. The summed E-state index contributed by atoms with van der Waals surface area (Å²) in [5.41, 5.74) is -3.09. The third kappa shape index (κ3) is 3.80. The lowest BCUT2D eigenvalue weighted by Crippen LogP contribution is -2.63. The topological polar surface area (TPSA) is 105 Å². The van der Waals surface area contributed by atoms with E-state index in [1.165, 1.54) is 36.9 Å². The molecule has 0 bridgehead atoms. The van der Waals surface area contributed by atoms with Crippen molar-refractivity contribution in [3.8, 4) is 0 Å². The van der Waals surface area contributed by atoms with E-state index in [2.05, 4.69) is 10.3 Å². The van der Waals surface area contributed by atoms with Gasteiger partial charge in [-0.15, -0.1) is 0 Å². The summed E-state index contributed by atoms with van der Waals surface area (Å²) in [6.45, 7) is 2.75. The van der Waals surface area contributed by atoms with E-state index in [-0.39, 0.29) is 29.5 Å². The van der Waals surface area contributed by atoms with Gasteiger partial charge in [-0.05, 0) is 30.2 Å². The number of anilines is 2. The molecule has 0 spiro atoms. The van der Waals surface area contributed by atoms with E-state index in [1.807, 2.05) is 0 Å². The zero-order valence-corrected chi connectivity index (χ0v) is 18.8. The number of nitrogens with one attached hydrogen (secondary N) is 1. The van der Waals surface area contributed by atoms with Gasteiger partial charge in [0, 0.05) is 30.9 Å². The number of nitrogens with two attached hydrogens (primary N) is 1. The fourth-order valence-corrected chi connectivity index (χ4v) is 5.46. The summed E-state index contributed by atoms with van der Waals surface area (Å²) in [5, 5.41) is 7.42. The van der Waals surface area contributed by atoms with Crippen LogP contribution in [-0.2, 0) is 16.2 Å². The summed E-state index contributed by atoms with van der Waals surface area (Å²) >= 11 is 0. The molecule has 34 heavy (non-hydrogen) atoms. The van der Waals surface area contributed by atoms with Crippen molar-refractivity contribution in [2.75, 3.05) is 23.3 Å². The molecule has 2 aromatic rings. The first-order valence-electron chi connectivity index (χ1n) is 10.2. The second-order valence-electron chi connectivity index (χ2n) is 8.94. The van der Waals surface area contributed by atoms with Crippen LogP contribution >= 0.6 is 0 Å². The summed E-state index contributed by atoms with van der Waals surface area (Å²) in [5.74, 6) is -5.48. The number of pyridine rings is 1. The summed E-state index contributed by atoms with van der Waals surface area (Å²) in [6.07, 6.45) is -4.25. The standard InChI is InChI=1S/C21H21F5N4O3S/c1-11-16-9-30(10-19(16,2)20(11,22)23)17-15(6-12(8-28-17)21(24,25)26)18(31)29-13-4-3-5-14(7-13)34(27,32)33/h3-8,11,16H,9-10H2,1-2H3,(H,29,31)(H2,27,32,33)/t11?,16?,19-/m0/s1. The summed E-state index contributed by atoms with van der Waals surface area (Å²) in [7, 11) is -4.09. The zero-order valence-electron chi connectivity index (χ0n) is 18.0. The minimum absolute atomic E-state index is 0.0338. The lowest BCUT2D eigenvalue weighted by Gasteiger charge is -2.54. The lowest BCUT2D eigenvalue weighted by molar-refractivity contribution is -0.260. The third-order valence-electron chi connectivity index (χ3n) is 6.85. The van der Waals surface area contributed by atoms with Crippen LogP contribution in [0.3, 0.4) is 0 Å². The molecular formula is C21H21F5N4O3S. The molecule has 7 nitrogen and oxygen atoms in total. The number of sulfonamides is 1. The molecule has 3 N–H and O–H groups in total. The van der Waals surface area contributed by atoms with Crippen LogP contribution in [0.15, 0.2) is 41.4 Å². The first-order valence-corrected chi connectivity index (χ1v) is 11.7. The molecule has 2 fully saturated rings. The van der Waals surface area contributed by atoms with E-state index in [9.17, 15) is 35.2 Å². The number of primary sulfonamides is 1. The van der Waals surface area contributed by atoms with Gasteiger partial charge in [-0.25, -0.2) is 27.3 Å². The van der Waals surface area contributed by atoms with Gasteiger partial charge >= 0.3 is 6.18 Å². The molecule has 1 aliphatic heterocycles. The number of amides is 1. The predicted molar refractivity (Wildman–Crippen MR) is 113 cm³/mol. The zero-order chi connectivity index (χ0) is 25.3. The lowest BCUT2D eigenvalue weighted by atomic mass is 9.54. The second kappa shape index (κ2) is 7.60. The van der Waals surface area contributed by atoms with Crippen molar-refractivity contribution in [2.45, 2.75) is 30.8 Å². The number of carbonyl (C=O) groups excluding carboxylic acids is 1. The van der Waals surface area contributed by atoms with Crippen LogP contribution in [0.2, 0.25) is 0 Å². The van der Waals surface area contributed by atoms with Crippen LogP contribution in [0.4, 0.5) is 33.5 Å². The normalized spacial score (nSPS) is 26.1.